The van der Waals surface area contributed by atoms with E-state index in [-0.39, 0.29) is 0 Å². The van der Waals surface area contributed by atoms with E-state index in [0.29, 0.717) is 18.3 Å². The van der Waals surface area contributed by atoms with Crippen molar-refractivity contribution in [1.82, 2.24) is 20.0 Å². The summed E-state index contributed by atoms with van der Waals surface area (Å²) in [6.45, 7) is 5.54. The lowest BCUT2D eigenvalue weighted by molar-refractivity contribution is 0.157. The van der Waals surface area contributed by atoms with Crippen LogP contribution in [0.1, 0.15) is 43.8 Å². The quantitative estimate of drug-likeness (QED) is 0.749. The molecule has 6 heteroatoms. The highest BCUT2D eigenvalue weighted by Crippen LogP contribution is 2.31. The lowest BCUT2D eigenvalue weighted by Gasteiger charge is -2.19. The Labute approximate surface area is 124 Å². The van der Waals surface area contributed by atoms with Gasteiger partial charge >= 0.3 is 0 Å². The lowest BCUT2D eigenvalue weighted by atomic mass is 9.94. The molecule has 0 unspecified atom stereocenters. The fourth-order valence-corrected chi connectivity index (χ4v) is 3.22. The van der Waals surface area contributed by atoms with Crippen LogP contribution in [-0.4, -0.2) is 19.7 Å². The SMILES string of the molecule is CC(C)Cn1c(CNO)nc2c(N)nc3c(c21)CCCC3. The molecule has 0 spiro atoms. The lowest BCUT2D eigenvalue weighted by Crippen LogP contribution is -2.16. The van der Waals surface area contributed by atoms with Gasteiger partial charge in [-0.15, -0.1) is 0 Å². The van der Waals surface area contributed by atoms with Gasteiger partial charge in [0.2, 0.25) is 0 Å². The van der Waals surface area contributed by atoms with Crippen LogP contribution in [-0.2, 0) is 25.9 Å². The number of fused-ring (bicyclic) bond motifs is 3. The smallest absolute Gasteiger partial charge is 0.151 e. The number of rotatable bonds is 4. The van der Waals surface area contributed by atoms with Crippen molar-refractivity contribution in [3.63, 3.8) is 0 Å². The van der Waals surface area contributed by atoms with E-state index in [0.717, 1.165) is 41.9 Å². The van der Waals surface area contributed by atoms with E-state index in [1.54, 1.807) is 0 Å². The summed E-state index contributed by atoms with van der Waals surface area (Å²) in [6.07, 6.45) is 4.40. The van der Waals surface area contributed by atoms with Crippen LogP contribution in [0.3, 0.4) is 0 Å². The Bertz CT molecular complexity index is 662. The molecule has 0 saturated carbocycles. The minimum atomic E-state index is 0.315. The van der Waals surface area contributed by atoms with Crippen LogP contribution in [0.2, 0.25) is 0 Å². The number of aryl methyl sites for hydroxylation is 2. The van der Waals surface area contributed by atoms with E-state index in [2.05, 4.69) is 33.9 Å². The van der Waals surface area contributed by atoms with Crippen LogP contribution in [0.25, 0.3) is 11.0 Å². The summed E-state index contributed by atoms with van der Waals surface area (Å²) < 4.78 is 2.20. The number of nitrogen functional groups attached to an aromatic ring is 1. The molecule has 0 bridgehead atoms. The van der Waals surface area contributed by atoms with Gasteiger partial charge in [-0.3, -0.25) is 0 Å². The summed E-state index contributed by atoms with van der Waals surface area (Å²) >= 11 is 0. The van der Waals surface area contributed by atoms with Gasteiger partial charge in [-0.25, -0.2) is 9.97 Å². The molecule has 4 N–H and O–H groups in total. The van der Waals surface area contributed by atoms with Crippen molar-refractivity contribution in [2.45, 2.75) is 52.6 Å². The largest absolute Gasteiger partial charge is 0.382 e. The van der Waals surface area contributed by atoms with Gasteiger partial charge in [-0.1, -0.05) is 13.8 Å². The van der Waals surface area contributed by atoms with Crippen LogP contribution in [0, 0.1) is 5.92 Å². The van der Waals surface area contributed by atoms with Crippen molar-refractivity contribution in [1.29, 1.82) is 0 Å². The number of hydrogen-bond donors (Lipinski definition) is 3. The maximum Gasteiger partial charge on any atom is 0.151 e. The zero-order chi connectivity index (χ0) is 15.0. The molecule has 2 aromatic heterocycles. The summed E-state index contributed by atoms with van der Waals surface area (Å²) in [6, 6.07) is 0. The van der Waals surface area contributed by atoms with Gasteiger partial charge in [0.05, 0.1) is 12.1 Å². The molecule has 1 aliphatic rings. The third-order valence-corrected chi connectivity index (χ3v) is 4.05. The minimum Gasteiger partial charge on any atom is -0.382 e. The van der Waals surface area contributed by atoms with Gasteiger partial charge in [-0.2, -0.15) is 5.48 Å². The molecule has 2 aromatic rings. The van der Waals surface area contributed by atoms with Crippen molar-refractivity contribution >= 4 is 16.9 Å². The van der Waals surface area contributed by atoms with Crippen LogP contribution in [0.4, 0.5) is 5.82 Å². The van der Waals surface area contributed by atoms with E-state index in [4.69, 9.17) is 10.9 Å². The molecule has 0 saturated heterocycles. The highest BCUT2D eigenvalue weighted by atomic mass is 16.5. The number of hydrogen-bond acceptors (Lipinski definition) is 5. The average molecular weight is 289 g/mol. The molecule has 1 aliphatic carbocycles. The van der Waals surface area contributed by atoms with Gasteiger partial charge < -0.3 is 15.5 Å². The molecule has 0 amide bonds. The second-order valence-corrected chi connectivity index (χ2v) is 6.19. The normalized spacial score (nSPS) is 14.9. The number of aromatic nitrogens is 3. The molecule has 2 heterocycles. The van der Waals surface area contributed by atoms with Gasteiger partial charge in [0, 0.05) is 12.2 Å². The minimum absolute atomic E-state index is 0.315. The van der Waals surface area contributed by atoms with Crippen LogP contribution in [0.5, 0.6) is 0 Å². The molecule has 0 aromatic carbocycles. The Hall–Kier alpha value is -1.66. The van der Waals surface area contributed by atoms with E-state index in [1.807, 2.05) is 0 Å². The number of hydroxylamine groups is 1. The first-order valence-electron chi connectivity index (χ1n) is 7.65. The van der Waals surface area contributed by atoms with Crippen molar-refractivity contribution < 1.29 is 5.21 Å². The monoisotopic (exact) mass is 289 g/mol. The second-order valence-electron chi connectivity index (χ2n) is 6.19. The Kier molecular flexibility index (Phi) is 3.82. The van der Waals surface area contributed by atoms with E-state index in [1.165, 1.54) is 18.4 Å². The molecule has 0 fully saturated rings. The molecular weight excluding hydrogens is 266 g/mol. The van der Waals surface area contributed by atoms with Crippen LogP contribution >= 0.6 is 0 Å². The summed E-state index contributed by atoms with van der Waals surface area (Å²) in [5.41, 5.74) is 12.7. The summed E-state index contributed by atoms with van der Waals surface area (Å²) in [4.78, 5) is 9.17. The molecule has 114 valence electrons. The third kappa shape index (κ3) is 2.49. The highest BCUT2D eigenvalue weighted by Gasteiger charge is 2.22. The Morgan fingerprint density at radius 3 is 2.76 bits per heavy atom. The van der Waals surface area contributed by atoms with Gasteiger partial charge in [-0.05, 0) is 37.2 Å². The predicted octanol–water partition coefficient (Wildman–Crippen LogP) is 2.03. The van der Waals surface area contributed by atoms with Crippen molar-refractivity contribution in [3.05, 3.63) is 17.1 Å². The standard InChI is InChI=1S/C15H23N5O/c1-9(2)8-20-12(7-17-21)19-13-14(20)10-5-3-4-6-11(10)18-15(13)16/h9,17,21H,3-8H2,1-2H3,(H2,16,18). The first kappa shape index (κ1) is 14.3. The van der Waals surface area contributed by atoms with Gasteiger partial charge in [0.1, 0.15) is 11.3 Å². The molecular formula is C15H23N5O. The summed E-state index contributed by atoms with van der Waals surface area (Å²) in [5, 5.41) is 9.06. The Morgan fingerprint density at radius 1 is 1.29 bits per heavy atom. The first-order chi connectivity index (χ1) is 10.1. The molecule has 0 aliphatic heterocycles. The van der Waals surface area contributed by atoms with Crippen LogP contribution < -0.4 is 11.2 Å². The fourth-order valence-electron chi connectivity index (χ4n) is 3.22. The number of nitrogens with two attached hydrogens (primary N) is 1. The third-order valence-electron chi connectivity index (χ3n) is 4.05. The molecule has 0 radical (unpaired) electrons. The predicted molar refractivity (Wildman–Crippen MR) is 82.0 cm³/mol. The maximum absolute atomic E-state index is 9.06. The highest BCUT2D eigenvalue weighted by molar-refractivity contribution is 5.89. The van der Waals surface area contributed by atoms with Crippen molar-refractivity contribution in [3.8, 4) is 0 Å². The Morgan fingerprint density at radius 2 is 2.05 bits per heavy atom. The first-order valence-corrected chi connectivity index (χ1v) is 7.65. The number of nitrogens with zero attached hydrogens (tertiary/aromatic N) is 3. The number of anilines is 1. The Balaban J connectivity index is 2.27. The second kappa shape index (κ2) is 5.61. The van der Waals surface area contributed by atoms with Crippen LogP contribution in [0.15, 0.2) is 0 Å². The maximum atomic E-state index is 9.06. The number of imidazole rings is 1. The summed E-state index contributed by atoms with van der Waals surface area (Å²) in [7, 11) is 0. The van der Waals surface area contributed by atoms with Crippen molar-refractivity contribution in [2.24, 2.45) is 5.92 Å². The van der Waals surface area contributed by atoms with Gasteiger partial charge in [0.25, 0.3) is 0 Å². The average Bonchev–Trinajstić information content (AvgIpc) is 2.79. The zero-order valence-corrected chi connectivity index (χ0v) is 12.7. The van der Waals surface area contributed by atoms with E-state index >= 15 is 0 Å². The zero-order valence-electron chi connectivity index (χ0n) is 12.7. The van der Waals surface area contributed by atoms with E-state index in [9.17, 15) is 0 Å². The number of pyridine rings is 1. The molecule has 21 heavy (non-hydrogen) atoms. The summed E-state index contributed by atoms with van der Waals surface area (Å²) in [5.74, 6) is 1.81. The molecule has 0 atom stereocenters. The molecule has 3 rings (SSSR count). The number of nitrogens with one attached hydrogen (secondary N) is 1. The molecule has 6 nitrogen and oxygen atoms in total. The van der Waals surface area contributed by atoms with E-state index < -0.39 is 0 Å². The van der Waals surface area contributed by atoms with Gasteiger partial charge in [0.15, 0.2) is 5.82 Å². The fraction of sp³-hybridized carbons (Fsp3) is 0.600. The van der Waals surface area contributed by atoms with Crippen molar-refractivity contribution in [2.75, 3.05) is 5.73 Å². The topological polar surface area (TPSA) is 89.0 Å².